The van der Waals surface area contributed by atoms with Crippen molar-refractivity contribution in [3.63, 3.8) is 0 Å². The van der Waals surface area contributed by atoms with E-state index < -0.39 is 5.97 Å². The van der Waals surface area contributed by atoms with Gasteiger partial charge >= 0.3 is 5.97 Å². The Bertz CT molecular complexity index is 724. The third-order valence-electron chi connectivity index (χ3n) is 4.39. The van der Waals surface area contributed by atoms with Gasteiger partial charge in [-0.25, -0.2) is 4.79 Å². The summed E-state index contributed by atoms with van der Waals surface area (Å²) in [7, 11) is 0. The molecule has 1 fully saturated rings. The number of piperidine rings is 1. The van der Waals surface area contributed by atoms with E-state index in [0.717, 1.165) is 6.42 Å². The first-order chi connectivity index (χ1) is 12.9. The number of benzene rings is 1. The number of likely N-dealkylation sites (tertiary alicyclic amines) is 1. The molecule has 0 bridgehead atoms. The van der Waals surface area contributed by atoms with Crippen LogP contribution >= 0.6 is 0 Å². The van der Waals surface area contributed by atoms with Crippen molar-refractivity contribution in [3.8, 4) is 11.8 Å². The van der Waals surface area contributed by atoms with Crippen molar-refractivity contribution in [1.29, 1.82) is 5.26 Å². The van der Waals surface area contributed by atoms with E-state index in [4.69, 9.17) is 9.47 Å². The minimum absolute atomic E-state index is 0.146. The van der Waals surface area contributed by atoms with Gasteiger partial charge in [0.25, 0.3) is 5.91 Å². The van der Waals surface area contributed by atoms with Crippen molar-refractivity contribution in [2.45, 2.75) is 27.2 Å². The zero-order valence-electron chi connectivity index (χ0n) is 16.1. The van der Waals surface area contributed by atoms with Gasteiger partial charge in [0.2, 0.25) is 0 Å². The number of rotatable bonds is 6. The highest BCUT2D eigenvalue weighted by Crippen LogP contribution is 2.21. The molecule has 0 radical (unpaired) electrons. The Balaban J connectivity index is 1.94. The number of hydrogen-bond donors (Lipinski definition) is 0. The third kappa shape index (κ3) is 6.14. The molecule has 2 atom stereocenters. The maximum atomic E-state index is 12.3. The molecule has 1 aromatic rings. The summed E-state index contributed by atoms with van der Waals surface area (Å²) in [5, 5.41) is 9.24. The van der Waals surface area contributed by atoms with Crippen LogP contribution in [0.3, 0.4) is 0 Å². The van der Waals surface area contributed by atoms with Crippen LogP contribution < -0.4 is 4.74 Å². The number of ether oxygens (including phenoxy) is 2. The van der Waals surface area contributed by atoms with E-state index in [0.29, 0.717) is 42.8 Å². The zero-order valence-corrected chi connectivity index (χ0v) is 16.1. The molecular formula is C21H26N2O4. The van der Waals surface area contributed by atoms with Gasteiger partial charge in [-0.1, -0.05) is 26.0 Å². The number of hydrogen-bond acceptors (Lipinski definition) is 5. The molecule has 0 spiro atoms. The van der Waals surface area contributed by atoms with Gasteiger partial charge in [-0.15, -0.1) is 0 Å². The second-order valence-corrected chi connectivity index (χ2v) is 6.99. The lowest BCUT2D eigenvalue weighted by Crippen LogP contribution is -2.44. The lowest BCUT2D eigenvalue weighted by molar-refractivity contribution is -0.149. The molecule has 1 aromatic carbocycles. The monoisotopic (exact) mass is 370 g/mol. The van der Waals surface area contributed by atoms with Crippen molar-refractivity contribution in [2.24, 2.45) is 11.8 Å². The number of amides is 1. The minimum Gasteiger partial charge on any atom is -0.494 e. The summed E-state index contributed by atoms with van der Waals surface area (Å²) in [6, 6.07) is 8.86. The van der Waals surface area contributed by atoms with E-state index >= 15 is 0 Å². The standard InChI is InChI=1S/C21H26N2O4/c1-4-26-19-7-5-17(6-8-19)10-18(11-22)21(25)27-14-20(24)23-12-15(2)9-16(3)13-23/h5-8,10,15-16H,4,9,12-14H2,1-3H3/b18-10+/t15-,16-/m0/s1. The maximum Gasteiger partial charge on any atom is 0.349 e. The van der Waals surface area contributed by atoms with E-state index in [9.17, 15) is 14.9 Å². The highest BCUT2D eigenvalue weighted by Gasteiger charge is 2.26. The average molecular weight is 370 g/mol. The van der Waals surface area contributed by atoms with E-state index in [2.05, 4.69) is 13.8 Å². The summed E-state index contributed by atoms with van der Waals surface area (Å²) in [6.07, 6.45) is 2.53. The van der Waals surface area contributed by atoms with Crippen molar-refractivity contribution in [1.82, 2.24) is 4.90 Å². The quantitative estimate of drug-likeness (QED) is 0.437. The molecule has 6 nitrogen and oxygen atoms in total. The number of carbonyl (C=O) groups is 2. The third-order valence-corrected chi connectivity index (χ3v) is 4.39. The topological polar surface area (TPSA) is 79.6 Å². The lowest BCUT2D eigenvalue weighted by atomic mass is 9.92. The predicted octanol–water partition coefficient (Wildman–Crippen LogP) is 3.04. The molecule has 0 aliphatic carbocycles. The van der Waals surface area contributed by atoms with Gasteiger partial charge in [-0.2, -0.15) is 5.26 Å². The van der Waals surface area contributed by atoms with Crippen molar-refractivity contribution >= 4 is 18.0 Å². The largest absolute Gasteiger partial charge is 0.494 e. The fraction of sp³-hybridized carbons (Fsp3) is 0.476. The molecule has 0 unspecified atom stereocenters. The Morgan fingerprint density at radius 3 is 2.41 bits per heavy atom. The Labute approximate surface area is 160 Å². The summed E-state index contributed by atoms with van der Waals surface area (Å²) in [6.45, 7) is 7.67. The number of nitriles is 1. The van der Waals surface area contributed by atoms with Gasteiger partial charge in [0.1, 0.15) is 17.4 Å². The predicted molar refractivity (Wildman–Crippen MR) is 102 cm³/mol. The van der Waals surface area contributed by atoms with Crippen LogP contribution in [0, 0.1) is 23.2 Å². The summed E-state index contributed by atoms with van der Waals surface area (Å²) >= 11 is 0. The molecule has 1 heterocycles. The van der Waals surface area contributed by atoms with Gasteiger partial charge in [0.15, 0.2) is 6.61 Å². The molecule has 0 saturated carbocycles. The molecule has 0 N–H and O–H groups in total. The van der Waals surface area contributed by atoms with E-state index in [-0.39, 0.29) is 18.1 Å². The number of esters is 1. The Hall–Kier alpha value is -2.81. The number of nitrogens with zero attached hydrogens (tertiary/aromatic N) is 2. The molecule has 1 saturated heterocycles. The fourth-order valence-corrected chi connectivity index (χ4v) is 3.29. The Morgan fingerprint density at radius 1 is 1.22 bits per heavy atom. The van der Waals surface area contributed by atoms with E-state index in [1.54, 1.807) is 29.2 Å². The fourth-order valence-electron chi connectivity index (χ4n) is 3.29. The summed E-state index contributed by atoms with van der Waals surface area (Å²) in [4.78, 5) is 26.2. The molecule has 1 amide bonds. The first-order valence-corrected chi connectivity index (χ1v) is 9.22. The lowest BCUT2D eigenvalue weighted by Gasteiger charge is -2.34. The molecule has 0 aromatic heterocycles. The van der Waals surface area contributed by atoms with Crippen LogP contribution in [-0.2, 0) is 14.3 Å². The Kier molecular flexibility index (Phi) is 7.42. The van der Waals surface area contributed by atoms with Gasteiger partial charge in [-0.3, -0.25) is 4.79 Å². The van der Waals surface area contributed by atoms with Crippen molar-refractivity contribution < 1.29 is 19.1 Å². The summed E-state index contributed by atoms with van der Waals surface area (Å²) in [5.74, 6) is 0.564. The normalized spacial score (nSPS) is 19.9. The van der Waals surface area contributed by atoms with E-state index in [1.165, 1.54) is 6.08 Å². The first-order valence-electron chi connectivity index (χ1n) is 9.22. The molecule has 144 valence electrons. The van der Waals surface area contributed by atoms with Gasteiger partial charge < -0.3 is 14.4 Å². The second-order valence-electron chi connectivity index (χ2n) is 6.99. The van der Waals surface area contributed by atoms with Crippen LogP contribution in [0.5, 0.6) is 5.75 Å². The Morgan fingerprint density at radius 2 is 1.85 bits per heavy atom. The minimum atomic E-state index is -0.794. The molecule has 27 heavy (non-hydrogen) atoms. The second kappa shape index (κ2) is 9.77. The van der Waals surface area contributed by atoms with Crippen molar-refractivity contribution in [2.75, 3.05) is 26.3 Å². The number of carbonyl (C=O) groups excluding carboxylic acids is 2. The molecule has 6 heteroatoms. The van der Waals surface area contributed by atoms with Gasteiger partial charge in [-0.05, 0) is 49.0 Å². The van der Waals surface area contributed by atoms with Crippen LogP contribution in [0.15, 0.2) is 29.8 Å². The smallest absolute Gasteiger partial charge is 0.349 e. The van der Waals surface area contributed by atoms with Crippen LogP contribution in [0.2, 0.25) is 0 Å². The van der Waals surface area contributed by atoms with Crippen LogP contribution in [0.25, 0.3) is 6.08 Å². The highest BCUT2D eigenvalue weighted by atomic mass is 16.5. The van der Waals surface area contributed by atoms with Crippen LogP contribution in [0.4, 0.5) is 0 Å². The van der Waals surface area contributed by atoms with E-state index in [1.807, 2.05) is 13.0 Å². The average Bonchev–Trinajstić information content (AvgIpc) is 2.64. The maximum absolute atomic E-state index is 12.3. The summed E-state index contributed by atoms with van der Waals surface area (Å²) < 4.78 is 10.4. The molecular weight excluding hydrogens is 344 g/mol. The van der Waals surface area contributed by atoms with Gasteiger partial charge in [0.05, 0.1) is 6.61 Å². The zero-order chi connectivity index (χ0) is 19.8. The SMILES string of the molecule is CCOc1ccc(/C=C(\C#N)C(=O)OCC(=O)N2C[C@@H](C)C[C@H](C)C2)cc1. The first kappa shape index (κ1) is 20.5. The molecule has 1 aliphatic rings. The van der Waals surface area contributed by atoms with Crippen LogP contribution in [0.1, 0.15) is 32.8 Å². The summed E-state index contributed by atoms with van der Waals surface area (Å²) in [5.41, 5.74) is 0.532. The molecule has 1 aliphatic heterocycles. The van der Waals surface area contributed by atoms with Gasteiger partial charge in [0, 0.05) is 13.1 Å². The molecule has 2 rings (SSSR count). The van der Waals surface area contributed by atoms with Crippen LogP contribution in [-0.4, -0.2) is 43.1 Å². The highest BCUT2D eigenvalue weighted by molar-refractivity contribution is 5.98. The van der Waals surface area contributed by atoms with Crippen molar-refractivity contribution in [3.05, 3.63) is 35.4 Å².